The monoisotopic (exact) mass is 232 g/mol. The Balaban J connectivity index is 2.52. The third kappa shape index (κ3) is 4.15. The van der Waals surface area contributed by atoms with Crippen molar-refractivity contribution < 1.29 is 9.53 Å². The molecule has 1 aromatic carbocycles. The second-order valence-corrected chi connectivity index (χ2v) is 3.70. The summed E-state index contributed by atoms with van der Waals surface area (Å²) in [5.74, 6) is 0.524. The highest BCUT2D eigenvalue weighted by Crippen LogP contribution is 2.13. The molecule has 4 nitrogen and oxygen atoms in total. The summed E-state index contributed by atoms with van der Waals surface area (Å²) < 4.78 is 5.15. The first-order chi connectivity index (χ1) is 8.17. The van der Waals surface area contributed by atoms with E-state index in [9.17, 15) is 4.79 Å². The molecule has 1 rings (SSSR count). The molecule has 4 heteroatoms. The summed E-state index contributed by atoms with van der Waals surface area (Å²) in [6.45, 7) is 2.44. The molecule has 0 aliphatic carbocycles. The second kappa shape index (κ2) is 6.54. The Bertz CT molecular complexity index is 406. The molecule has 0 spiro atoms. The van der Waals surface area contributed by atoms with E-state index in [1.807, 2.05) is 18.2 Å². The van der Waals surface area contributed by atoms with Gasteiger partial charge in [0, 0.05) is 13.6 Å². The smallest absolute Gasteiger partial charge is 0.410 e. The first kappa shape index (κ1) is 13.0. The van der Waals surface area contributed by atoms with Crippen LogP contribution in [-0.4, -0.2) is 24.6 Å². The van der Waals surface area contributed by atoms with Crippen LogP contribution in [0.3, 0.4) is 0 Å². The number of ether oxygens (including phenoxy) is 1. The van der Waals surface area contributed by atoms with Crippen molar-refractivity contribution in [2.24, 2.45) is 0 Å². The number of nitrogens with zero attached hydrogens (tertiary/aromatic N) is 2. The molecular formula is C13H16N2O2. The first-order valence-corrected chi connectivity index (χ1v) is 5.56. The van der Waals surface area contributed by atoms with Crippen LogP contribution in [-0.2, 0) is 6.42 Å². The average molecular weight is 232 g/mol. The lowest BCUT2D eigenvalue weighted by Gasteiger charge is -2.15. The predicted molar refractivity (Wildman–Crippen MR) is 64.7 cm³/mol. The molecule has 1 aromatic rings. The van der Waals surface area contributed by atoms with Crippen LogP contribution in [0.5, 0.6) is 5.75 Å². The van der Waals surface area contributed by atoms with Gasteiger partial charge in [-0.25, -0.2) is 4.79 Å². The molecular weight excluding hydrogens is 216 g/mol. The second-order valence-electron chi connectivity index (χ2n) is 3.70. The highest BCUT2D eigenvalue weighted by Gasteiger charge is 2.10. The molecule has 0 saturated carbocycles. The molecule has 1 amide bonds. The van der Waals surface area contributed by atoms with Crippen LogP contribution in [0.25, 0.3) is 0 Å². The van der Waals surface area contributed by atoms with Crippen LogP contribution in [0.2, 0.25) is 0 Å². The van der Waals surface area contributed by atoms with Gasteiger partial charge in [0.15, 0.2) is 0 Å². The Morgan fingerprint density at radius 2 is 2.06 bits per heavy atom. The van der Waals surface area contributed by atoms with E-state index < -0.39 is 6.09 Å². The van der Waals surface area contributed by atoms with Crippen LogP contribution in [0.4, 0.5) is 4.79 Å². The van der Waals surface area contributed by atoms with Crippen molar-refractivity contribution >= 4 is 6.09 Å². The maximum absolute atomic E-state index is 11.6. The van der Waals surface area contributed by atoms with E-state index in [1.54, 1.807) is 19.2 Å². The van der Waals surface area contributed by atoms with Gasteiger partial charge >= 0.3 is 6.09 Å². The molecule has 90 valence electrons. The SMILES string of the molecule is CCc1ccc(OC(=O)N(C)CCC#N)cc1. The van der Waals surface area contributed by atoms with Crippen molar-refractivity contribution in [3.63, 3.8) is 0 Å². The van der Waals surface area contributed by atoms with Gasteiger partial charge in [-0.05, 0) is 24.1 Å². The number of rotatable bonds is 4. The van der Waals surface area contributed by atoms with Gasteiger partial charge < -0.3 is 9.64 Å². The highest BCUT2D eigenvalue weighted by molar-refractivity contribution is 5.70. The van der Waals surface area contributed by atoms with Crippen LogP contribution in [0.1, 0.15) is 18.9 Å². The lowest BCUT2D eigenvalue weighted by Crippen LogP contribution is -2.30. The predicted octanol–water partition coefficient (Wildman–Crippen LogP) is 2.59. The largest absolute Gasteiger partial charge is 0.414 e. The van der Waals surface area contributed by atoms with E-state index in [-0.39, 0.29) is 0 Å². The first-order valence-electron chi connectivity index (χ1n) is 5.56. The summed E-state index contributed by atoms with van der Waals surface area (Å²) in [5, 5.41) is 8.42. The average Bonchev–Trinajstić information content (AvgIpc) is 2.36. The fourth-order valence-corrected chi connectivity index (χ4v) is 1.28. The molecule has 0 aromatic heterocycles. The van der Waals surface area contributed by atoms with Crippen LogP contribution in [0.15, 0.2) is 24.3 Å². The molecule has 0 aliphatic rings. The molecule has 0 N–H and O–H groups in total. The van der Waals surface area contributed by atoms with Gasteiger partial charge in [-0.1, -0.05) is 19.1 Å². The number of amides is 1. The van der Waals surface area contributed by atoms with Gasteiger partial charge in [-0.2, -0.15) is 5.26 Å². The van der Waals surface area contributed by atoms with E-state index in [0.29, 0.717) is 18.7 Å². The van der Waals surface area contributed by atoms with Crippen LogP contribution >= 0.6 is 0 Å². The molecule has 0 unspecified atom stereocenters. The van der Waals surface area contributed by atoms with Crippen molar-refractivity contribution in [2.45, 2.75) is 19.8 Å². The number of benzene rings is 1. The van der Waals surface area contributed by atoms with Gasteiger partial charge in [0.25, 0.3) is 0 Å². The van der Waals surface area contributed by atoms with Crippen molar-refractivity contribution in [3.8, 4) is 11.8 Å². The molecule has 0 aliphatic heterocycles. The molecule has 0 atom stereocenters. The Morgan fingerprint density at radius 1 is 1.41 bits per heavy atom. The Hall–Kier alpha value is -2.02. The van der Waals surface area contributed by atoms with E-state index in [0.717, 1.165) is 6.42 Å². The summed E-state index contributed by atoms with van der Waals surface area (Å²) >= 11 is 0. The molecule has 0 radical (unpaired) electrons. The van der Waals surface area contributed by atoms with Crippen molar-refractivity contribution in [1.29, 1.82) is 5.26 Å². The summed E-state index contributed by atoms with van der Waals surface area (Å²) in [7, 11) is 1.61. The summed E-state index contributed by atoms with van der Waals surface area (Å²) in [5.41, 5.74) is 1.20. The number of hydrogen-bond acceptors (Lipinski definition) is 3. The highest BCUT2D eigenvalue weighted by atomic mass is 16.6. The van der Waals surface area contributed by atoms with Gasteiger partial charge in [0.05, 0.1) is 12.5 Å². The van der Waals surface area contributed by atoms with E-state index in [1.165, 1.54) is 10.5 Å². The van der Waals surface area contributed by atoms with Gasteiger partial charge in [-0.15, -0.1) is 0 Å². The van der Waals surface area contributed by atoms with Crippen molar-refractivity contribution in [3.05, 3.63) is 29.8 Å². The fourth-order valence-electron chi connectivity index (χ4n) is 1.28. The van der Waals surface area contributed by atoms with Gasteiger partial charge in [0.1, 0.15) is 5.75 Å². The molecule has 0 heterocycles. The minimum atomic E-state index is -0.440. The van der Waals surface area contributed by atoms with Crippen LogP contribution in [0, 0.1) is 11.3 Å². The topological polar surface area (TPSA) is 53.3 Å². The third-order valence-electron chi connectivity index (χ3n) is 2.41. The maximum Gasteiger partial charge on any atom is 0.414 e. The number of aryl methyl sites for hydroxylation is 1. The fraction of sp³-hybridized carbons (Fsp3) is 0.385. The number of nitriles is 1. The lowest BCUT2D eigenvalue weighted by atomic mass is 10.2. The van der Waals surface area contributed by atoms with E-state index in [2.05, 4.69) is 6.92 Å². The molecule has 0 bridgehead atoms. The number of carbonyl (C=O) groups is 1. The third-order valence-corrected chi connectivity index (χ3v) is 2.41. The minimum absolute atomic E-state index is 0.306. The Labute approximate surface area is 101 Å². The molecule has 0 fully saturated rings. The summed E-state index contributed by atoms with van der Waals surface area (Å²) in [4.78, 5) is 13.0. The van der Waals surface area contributed by atoms with Gasteiger partial charge in [-0.3, -0.25) is 0 Å². The molecule has 0 saturated heterocycles. The summed E-state index contributed by atoms with van der Waals surface area (Å²) in [6.07, 6.45) is 0.820. The van der Waals surface area contributed by atoms with Crippen molar-refractivity contribution in [2.75, 3.05) is 13.6 Å². The normalized spacial score (nSPS) is 9.47. The zero-order valence-corrected chi connectivity index (χ0v) is 10.1. The van der Waals surface area contributed by atoms with E-state index >= 15 is 0 Å². The quantitative estimate of drug-likeness (QED) is 0.801. The Kier molecular flexibility index (Phi) is 5.02. The van der Waals surface area contributed by atoms with E-state index in [4.69, 9.17) is 10.00 Å². The minimum Gasteiger partial charge on any atom is -0.410 e. The summed E-state index contributed by atoms with van der Waals surface area (Å²) in [6, 6.07) is 9.39. The van der Waals surface area contributed by atoms with Gasteiger partial charge in [0.2, 0.25) is 0 Å². The number of carbonyl (C=O) groups excluding carboxylic acids is 1. The number of hydrogen-bond donors (Lipinski definition) is 0. The standard InChI is InChI=1S/C13H16N2O2/c1-3-11-5-7-12(8-6-11)17-13(16)15(2)10-4-9-14/h5-8H,3-4,10H2,1-2H3. The lowest BCUT2D eigenvalue weighted by molar-refractivity contribution is 0.164. The van der Waals surface area contributed by atoms with Crippen LogP contribution < -0.4 is 4.74 Å². The zero-order chi connectivity index (χ0) is 12.7. The molecule has 17 heavy (non-hydrogen) atoms. The zero-order valence-electron chi connectivity index (χ0n) is 10.1. The van der Waals surface area contributed by atoms with Crippen molar-refractivity contribution in [1.82, 2.24) is 4.90 Å². The Morgan fingerprint density at radius 3 is 2.59 bits per heavy atom. The maximum atomic E-state index is 11.6.